The summed E-state index contributed by atoms with van der Waals surface area (Å²) in [6, 6.07) is 14.9. The number of carbonyl (C=O) groups excluding carboxylic acids is 2. The van der Waals surface area contributed by atoms with Gasteiger partial charge in [0.2, 0.25) is 25.1 Å². The minimum Gasteiger partial charge on any atom is -0.493 e. The summed E-state index contributed by atoms with van der Waals surface area (Å²) in [6.45, 7) is 4.86. The molecule has 16 unspecified atom stereocenters. The van der Waals surface area contributed by atoms with Gasteiger partial charge in [0.25, 0.3) is 0 Å². The first-order valence-corrected chi connectivity index (χ1v) is 29.9. The minimum absolute atomic E-state index is 0.0853. The second-order valence-electron chi connectivity index (χ2n) is 23.1. The van der Waals surface area contributed by atoms with Crippen molar-refractivity contribution in [3.05, 3.63) is 81.9 Å². The van der Waals surface area contributed by atoms with Gasteiger partial charge in [0, 0.05) is 52.1 Å². The number of benzene rings is 4. The lowest BCUT2D eigenvalue weighted by Gasteiger charge is -2.49. The fourth-order valence-corrected chi connectivity index (χ4v) is 14.4. The predicted octanol–water partition coefficient (Wildman–Crippen LogP) is 4.85. The molecule has 0 spiro atoms. The molecule has 6 fully saturated rings. The van der Waals surface area contributed by atoms with Gasteiger partial charge >= 0.3 is 11.9 Å². The summed E-state index contributed by atoms with van der Waals surface area (Å²) < 4.78 is 131. The van der Waals surface area contributed by atoms with Gasteiger partial charge < -0.3 is 119 Å². The highest BCUT2D eigenvalue weighted by atomic mass is 16.8. The molecule has 496 valence electrons. The molecule has 91 heavy (non-hydrogen) atoms. The number of aliphatic hydroxyl groups excluding tert-OH is 2. The quantitative estimate of drug-likeness (QED) is 0.159. The molecule has 8 heterocycles. The van der Waals surface area contributed by atoms with Crippen LogP contribution in [0.3, 0.4) is 0 Å². The molecule has 2 N–H and O–H groups in total. The Bertz CT molecular complexity index is 3220. The first-order valence-electron chi connectivity index (χ1n) is 29.9. The third kappa shape index (κ3) is 11.7. The number of rotatable bonds is 14. The monoisotopic (exact) mass is 1280 g/mol. The number of cyclic esters (lactones) is 2. The zero-order valence-electron chi connectivity index (χ0n) is 52.5. The largest absolute Gasteiger partial charge is 0.493 e. The zero-order valence-corrected chi connectivity index (χ0v) is 52.5. The molecule has 10 aliphatic rings. The molecule has 20 atom stereocenters. The van der Waals surface area contributed by atoms with E-state index < -0.39 is 79.4 Å². The third-order valence-electron chi connectivity index (χ3n) is 18.6. The Kier molecular flexibility index (Phi) is 19.2. The van der Waals surface area contributed by atoms with Crippen LogP contribution in [0.15, 0.2) is 48.5 Å². The van der Waals surface area contributed by atoms with Crippen LogP contribution >= 0.6 is 0 Å². The molecule has 8 aliphatic heterocycles. The SMILES string of the molecule is COC1C(O)OC2COC(C)OC2C1OC.COc1cc([C@@H]2c3cc4c(cc3C(O)[C@H]3COC(=O)C23)OCO4)cc(OC)c1OC.COc1cc([C@@H]2c3cc4c(cc3C(OC3OC5COC(C)OC5C(OC)C3OC)[C@H]3COC(=O)C23)OCO4)cc(OC)c1OC. The van der Waals surface area contributed by atoms with Crippen molar-refractivity contribution in [3.63, 3.8) is 0 Å². The molecule has 14 rings (SSSR count). The van der Waals surface area contributed by atoms with Crippen molar-refractivity contribution in [1.29, 1.82) is 0 Å². The first kappa shape index (κ1) is 64.4. The number of hydrogen-bond donors (Lipinski definition) is 2. The van der Waals surface area contributed by atoms with Crippen molar-refractivity contribution >= 4 is 11.9 Å². The fraction of sp³-hybridized carbons (Fsp3) is 0.594. The van der Waals surface area contributed by atoms with E-state index in [1.165, 1.54) is 14.2 Å². The third-order valence-corrected chi connectivity index (χ3v) is 18.6. The predicted molar refractivity (Wildman–Crippen MR) is 309 cm³/mol. The van der Waals surface area contributed by atoms with Crippen molar-refractivity contribution in [3.8, 4) is 57.5 Å². The zero-order chi connectivity index (χ0) is 64.1. The van der Waals surface area contributed by atoms with E-state index in [1.54, 1.807) is 62.9 Å². The summed E-state index contributed by atoms with van der Waals surface area (Å²) in [4.78, 5) is 26.4. The number of ether oxygens (including phenoxy) is 23. The molecule has 0 bridgehead atoms. The smallest absolute Gasteiger partial charge is 0.310 e. The Balaban J connectivity index is 0.000000149. The van der Waals surface area contributed by atoms with E-state index in [1.807, 2.05) is 56.3 Å². The Morgan fingerprint density at radius 3 is 1.29 bits per heavy atom. The Morgan fingerprint density at radius 1 is 0.429 bits per heavy atom. The summed E-state index contributed by atoms with van der Waals surface area (Å²) in [6.07, 6.45) is -7.56. The molecule has 0 amide bonds. The maximum atomic E-state index is 13.6. The van der Waals surface area contributed by atoms with Crippen LogP contribution < -0.4 is 47.4 Å². The van der Waals surface area contributed by atoms with Crippen molar-refractivity contribution in [2.24, 2.45) is 23.7 Å². The second-order valence-corrected chi connectivity index (χ2v) is 23.1. The van der Waals surface area contributed by atoms with Gasteiger partial charge in [-0.05, 0) is 95.8 Å². The van der Waals surface area contributed by atoms with E-state index >= 15 is 0 Å². The highest BCUT2D eigenvalue weighted by Gasteiger charge is 2.58. The second kappa shape index (κ2) is 27.1. The Morgan fingerprint density at radius 2 is 0.835 bits per heavy atom. The molecule has 27 nitrogen and oxygen atoms in total. The van der Waals surface area contributed by atoms with Crippen LogP contribution in [-0.4, -0.2) is 207 Å². The van der Waals surface area contributed by atoms with Gasteiger partial charge in [-0.25, -0.2) is 0 Å². The van der Waals surface area contributed by atoms with Crippen LogP contribution in [0.1, 0.15) is 71.3 Å². The average molecular weight is 1280 g/mol. The van der Waals surface area contributed by atoms with Crippen LogP contribution in [0.2, 0.25) is 0 Å². The standard InChI is InChI=1S/C32H38O13.C22H22O8.C10H18O6/c1-14-39-12-23-28(43-14)29(37-5)30(38-6)32(44-23)45-26-17-10-20-19(41-13-42-20)9-16(17)24(25-18(26)11-40-31(25)33)15-7-21(34-2)27(36-4)22(8-15)35-3;1-25-16-4-10(5-17(26-2)21(16)27-3)18-11-6-14-15(30-9-29-14)7-12(11)20(23)13-8-28-22(24)19(13)18;1-5-14-4-6-7(15-5)8(12-2)9(13-3)10(11)16-6/h7-10,14,18,23-26,28-30,32H,11-13H2,1-6H3;4-7,13,18-20,23H,8-9H2,1-3H3;5-11H,4H2,1-3H3/t14?,18-,23?,24+,25?,26?,28?,29?,30?,32?;13-,18+,19?,20?;/m00./s1. The van der Waals surface area contributed by atoms with Crippen molar-refractivity contribution in [2.75, 3.05) is 111 Å². The van der Waals surface area contributed by atoms with E-state index in [2.05, 4.69) is 0 Å². The molecule has 4 aromatic rings. The van der Waals surface area contributed by atoms with E-state index in [0.29, 0.717) is 76.3 Å². The van der Waals surface area contributed by atoms with Gasteiger partial charge in [0.05, 0.1) is 93.1 Å². The minimum atomic E-state index is -1.02. The maximum absolute atomic E-state index is 13.6. The van der Waals surface area contributed by atoms with Crippen LogP contribution in [0.25, 0.3) is 0 Å². The van der Waals surface area contributed by atoms with E-state index in [9.17, 15) is 19.8 Å². The molecular weight excluding hydrogens is 1200 g/mol. The van der Waals surface area contributed by atoms with Crippen LogP contribution in [-0.2, 0) is 71.2 Å². The summed E-state index contributed by atoms with van der Waals surface area (Å²) in [7, 11) is 15.6. The van der Waals surface area contributed by atoms with Gasteiger partial charge in [-0.15, -0.1) is 0 Å². The first-order chi connectivity index (χ1) is 44.1. The molecule has 27 heteroatoms. The van der Waals surface area contributed by atoms with Crippen LogP contribution in [0, 0.1) is 23.7 Å². The van der Waals surface area contributed by atoms with E-state index in [4.69, 9.17) is 109 Å². The number of aliphatic hydroxyl groups is 2. The van der Waals surface area contributed by atoms with Crippen molar-refractivity contribution < 1.29 is 129 Å². The molecule has 2 aliphatic carbocycles. The van der Waals surface area contributed by atoms with Crippen LogP contribution in [0.4, 0.5) is 0 Å². The van der Waals surface area contributed by atoms with Crippen LogP contribution in [0.5, 0.6) is 57.5 Å². The number of carbonyl (C=O) groups is 2. The van der Waals surface area contributed by atoms with E-state index in [-0.39, 0.29) is 81.1 Å². The Labute approximate surface area is 525 Å². The van der Waals surface area contributed by atoms with Gasteiger partial charge in [-0.1, -0.05) is 0 Å². The van der Waals surface area contributed by atoms with Gasteiger partial charge in [-0.2, -0.15) is 0 Å². The van der Waals surface area contributed by atoms with Gasteiger partial charge in [-0.3, -0.25) is 9.59 Å². The van der Waals surface area contributed by atoms with Gasteiger partial charge in [0.1, 0.15) is 48.8 Å². The number of hydrogen-bond acceptors (Lipinski definition) is 27. The summed E-state index contributed by atoms with van der Waals surface area (Å²) in [5.41, 5.74) is 4.72. The van der Waals surface area contributed by atoms with E-state index in [0.717, 1.165) is 27.8 Å². The highest BCUT2D eigenvalue weighted by molar-refractivity contribution is 5.80. The number of fused-ring (bicyclic) bond motifs is 8. The lowest BCUT2D eigenvalue weighted by Crippen LogP contribution is -2.64. The van der Waals surface area contributed by atoms with Crippen molar-refractivity contribution in [1.82, 2.24) is 0 Å². The van der Waals surface area contributed by atoms with Gasteiger partial charge in [0.15, 0.2) is 71.2 Å². The highest BCUT2D eigenvalue weighted by Crippen LogP contribution is 2.59. The molecular formula is C64H78O27. The lowest BCUT2D eigenvalue weighted by molar-refractivity contribution is -0.369. The number of methoxy groups -OCH3 is 10. The number of esters is 2. The molecule has 4 aromatic carbocycles. The summed E-state index contributed by atoms with van der Waals surface area (Å²) in [5, 5.41) is 20.8. The normalized spacial score (nSPS) is 34.3. The molecule has 6 saturated heterocycles. The fourth-order valence-electron chi connectivity index (χ4n) is 14.4. The molecule has 0 saturated carbocycles. The summed E-state index contributed by atoms with van der Waals surface area (Å²) >= 11 is 0. The Hall–Kier alpha value is -6.70. The average Bonchev–Trinajstić information content (AvgIpc) is 1.71. The lowest BCUT2D eigenvalue weighted by atomic mass is 9.66. The maximum Gasteiger partial charge on any atom is 0.310 e. The van der Waals surface area contributed by atoms with Crippen molar-refractivity contribution in [2.45, 2.75) is 112 Å². The summed E-state index contributed by atoms with van der Waals surface area (Å²) in [5.74, 6) is 1.77. The molecule has 0 radical (unpaired) electrons. The molecule has 0 aromatic heterocycles. The topological polar surface area (TPSA) is 287 Å².